The van der Waals surface area contributed by atoms with Gasteiger partial charge in [-0.15, -0.1) is 0 Å². The average Bonchev–Trinajstić information content (AvgIpc) is 3.04. The summed E-state index contributed by atoms with van der Waals surface area (Å²) >= 11 is 5.58. The highest BCUT2D eigenvalue weighted by molar-refractivity contribution is 7.80. The predicted molar refractivity (Wildman–Crippen MR) is 175 cm³/mol. The number of carbonyl (C=O) groups is 6. The van der Waals surface area contributed by atoms with Gasteiger partial charge >= 0.3 is 44.2 Å². The molecule has 1 amide bonds. The van der Waals surface area contributed by atoms with Crippen LogP contribution in [0.5, 0.6) is 0 Å². The number of ether oxygens (including phenoxy) is 7. The maximum atomic E-state index is 14.1. The Morgan fingerprint density at radius 1 is 0.880 bits per heavy atom. The Kier molecular flexibility index (Phi) is 17.1. The Balaban J connectivity index is 3.03. The van der Waals surface area contributed by atoms with Crippen molar-refractivity contribution in [3.63, 3.8) is 0 Å². The van der Waals surface area contributed by atoms with E-state index in [-0.39, 0.29) is 18.3 Å². The van der Waals surface area contributed by atoms with E-state index in [4.69, 9.17) is 58.9 Å². The van der Waals surface area contributed by atoms with Crippen LogP contribution in [0.2, 0.25) is 0 Å². The molecule has 1 heterocycles. The average molecular weight is 748 g/mol. The van der Waals surface area contributed by atoms with Crippen LogP contribution in [0.3, 0.4) is 0 Å². The SMILES string of the molecule is CCOP(OCC)O[C@]1(C(=O)OC)OC([C@H](OC(C)=O)[C@@H](COC(C)=O)OC(C)=O)[C@H](NC(C)=O)C(OC(C)=O)C1OC(=S)c1ccccc1. The molecule has 1 fully saturated rings. The number of amides is 1. The van der Waals surface area contributed by atoms with Crippen molar-refractivity contribution in [2.45, 2.75) is 90.8 Å². The maximum Gasteiger partial charge on any atom is 0.371 e. The zero-order valence-electron chi connectivity index (χ0n) is 28.9. The van der Waals surface area contributed by atoms with E-state index in [2.05, 4.69) is 5.32 Å². The molecule has 278 valence electrons. The molecule has 0 spiro atoms. The van der Waals surface area contributed by atoms with Gasteiger partial charge in [0.2, 0.25) is 12.0 Å². The van der Waals surface area contributed by atoms with E-state index in [1.165, 1.54) is 0 Å². The third-order valence-corrected chi connectivity index (χ3v) is 8.21. The Morgan fingerprint density at radius 3 is 1.96 bits per heavy atom. The summed E-state index contributed by atoms with van der Waals surface area (Å²) in [6.45, 7) is 7.90. The summed E-state index contributed by atoms with van der Waals surface area (Å²) in [4.78, 5) is 76.3. The van der Waals surface area contributed by atoms with Gasteiger partial charge in [-0.1, -0.05) is 30.3 Å². The number of nitrogens with one attached hydrogen (secondary N) is 1. The van der Waals surface area contributed by atoms with Crippen LogP contribution >= 0.6 is 20.8 Å². The molecule has 0 bridgehead atoms. The number of thiocarbonyl (C=S) groups is 1. The molecular formula is C31H42NO16PS. The van der Waals surface area contributed by atoms with Gasteiger partial charge in [0, 0.05) is 40.2 Å². The fourth-order valence-corrected chi connectivity index (χ4v) is 6.10. The molecule has 0 saturated carbocycles. The third kappa shape index (κ3) is 11.9. The first-order chi connectivity index (χ1) is 23.6. The Labute approximate surface area is 295 Å². The van der Waals surface area contributed by atoms with Gasteiger partial charge in [-0.2, -0.15) is 0 Å². The van der Waals surface area contributed by atoms with Crippen molar-refractivity contribution >= 4 is 61.6 Å². The van der Waals surface area contributed by atoms with Gasteiger partial charge in [-0.05, 0) is 26.1 Å². The molecule has 3 unspecified atom stereocenters. The van der Waals surface area contributed by atoms with Crippen molar-refractivity contribution in [1.82, 2.24) is 5.32 Å². The number of hydrogen-bond acceptors (Lipinski definition) is 17. The molecule has 17 nitrogen and oxygen atoms in total. The van der Waals surface area contributed by atoms with E-state index < -0.39 is 93.3 Å². The zero-order chi connectivity index (χ0) is 37.6. The van der Waals surface area contributed by atoms with Gasteiger partial charge < -0.3 is 47.5 Å². The number of esters is 5. The quantitative estimate of drug-likeness (QED) is 0.105. The van der Waals surface area contributed by atoms with Crippen molar-refractivity contribution in [2.24, 2.45) is 0 Å². The molecule has 1 N–H and O–H groups in total. The van der Waals surface area contributed by atoms with Crippen molar-refractivity contribution in [3.8, 4) is 0 Å². The molecule has 50 heavy (non-hydrogen) atoms. The minimum atomic E-state index is -2.84. The van der Waals surface area contributed by atoms with E-state index in [1.54, 1.807) is 44.2 Å². The summed E-state index contributed by atoms with van der Waals surface area (Å²) in [6.07, 6.45) is -8.91. The highest BCUT2D eigenvalue weighted by atomic mass is 32.1. The molecule has 2 rings (SSSR count). The molecule has 7 atom stereocenters. The van der Waals surface area contributed by atoms with Crippen LogP contribution in [0.1, 0.15) is 54.0 Å². The molecule has 0 radical (unpaired) electrons. The van der Waals surface area contributed by atoms with Crippen molar-refractivity contribution < 1.29 is 75.5 Å². The first kappa shape index (κ1) is 42.4. The van der Waals surface area contributed by atoms with Gasteiger partial charge in [0.1, 0.15) is 12.7 Å². The first-order valence-corrected chi connectivity index (χ1v) is 16.8. The molecule has 1 aromatic carbocycles. The molecule has 1 aliphatic rings. The van der Waals surface area contributed by atoms with Crippen LogP contribution < -0.4 is 5.32 Å². The highest BCUT2D eigenvalue weighted by Gasteiger charge is 2.68. The number of benzene rings is 1. The summed E-state index contributed by atoms with van der Waals surface area (Å²) in [5.41, 5.74) is 0.354. The van der Waals surface area contributed by atoms with Crippen molar-refractivity contribution in [2.75, 3.05) is 26.9 Å². The second kappa shape index (κ2) is 20.1. The van der Waals surface area contributed by atoms with E-state index in [0.29, 0.717) is 5.56 Å². The standard InChI is InChI=1S/C31H42NO16PS/c1-9-41-49(42-10-2)48-31(30(38)39-8)28(46-29(50)22-14-12-11-13-15-22)27(45-21(7)37)24(32-17(3)33)26(47-31)25(44-20(6)36)23(43-19(5)35)16-40-18(4)34/h11-15,23-28H,9-10,16H2,1-8H3,(H,32,33)/t23-,24+,25-,26?,27?,28?,31-/m1/s1. The molecule has 1 aromatic rings. The molecule has 0 aliphatic carbocycles. The zero-order valence-corrected chi connectivity index (χ0v) is 30.6. The predicted octanol–water partition coefficient (Wildman–Crippen LogP) is 2.19. The number of methoxy groups -OCH3 is 1. The van der Waals surface area contributed by atoms with E-state index in [0.717, 1.165) is 41.7 Å². The summed E-state index contributed by atoms with van der Waals surface area (Å²) < 4.78 is 57.0. The lowest BCUT2D eigenvalue weighted by atomic mass is 9.85. The van der Waals surface area contributed by atoms with Gasteiger partial charge in [-0.3, -0.25) is 28.5 Å². The van der Waals surface area contributed by atoms with E-state index >= 15 is 0 Å². The molecule has 1 saturated heterocycles. The first-order valence-electron chi connectivity index (χ1n) is 15.3. The number of hydrogen-bond donors (Lipinski definition) is 1. The summed E-state index contributed by atoms with van der Waals surface area (Å²) in [7, 11) is -1.49. The highest BCUT2D eigenvalue weighted by Crippen LogP contribution is 2.50. The molecule has 1 aliphatic heterocycles. The number of rotatable bonds is 17. The van der Waals surface area contributed by atoms with Crippen molar-refractivity contribution in [3.05, 3.63) is 35.9 Å². The van der Waals surface area contributed by atoms with Gasteiger partial charge in [-0.25, -0.2) is 4.79 Å². The van der Waals surface area contributed by atoms with E-state index in [9.17, 15) is 28.8 Å². The fraction of sp³-hybridized carbons (Fsp3) is 0.581. The second-order valence-corrected chi connectivity index (χ2v) is 11.9. The van der Waals surface area contributed by atoms with Crippen LogP contribution in [0.25, 0.3) is 0 Å². The lowest BCUT2D eigenvalue weighted by Crippen LogP contribution is -2.75. The minimum absolute atomic E-state index is 0.0230. The Morgan fingerprint density at radius 2 is 1.48 bits per heavy atom. The lowest BCUT2D eigenvalue weighted by molar-refractivity contribution is -0.324. The van der Waals surface area contributed by atoms with Crippen LogP contribution in [-0.4, -0.2) is 110 Å². The monoisotopic (exact) mass is 747 g/mol. The van der Waals surface area contributed by atoms with Gasteiger partial charge in [0.05, 0.1) is 26.4 Å². The van der Waals surface area contributed by atoms with Gasteiger partial charge in [0.15, 0.2) is 23.4 Å². The molecule has 19 heteroatoms. The van der Waals surface area contributed by atoms with Crippen LogP contribution in [0.15, 0.2) is 30.3 Å². The van der Waals surface area contributed by atoms with Crippen LogP contribution in [-0.2, 0) is 75.5 Å². The second-order valence-electron chi connectivity index (χ2n) is 10.4. The summed E-state index contributed by atoms with van der Waals surface area (Å²) in [5.74, 6) is -8.43. The van der Waals surface area contributed by atoms with Crippen LogP contribution in [0, 0.1) is 0 Å². The van der Waals surface area contributed by atoms with Gasteiger partial charge in [0.25, 0.3) is 0 Å². The summed E-state index contributed by atoms with van der Waals surface area (Å²) in [6, 6.07) is 6.68. The van der Waals surface area contributed by atoms with E-state index in [1.807, 2.05) is 0 Å². The Hall–Kier alpha value is -3.80. The largest absolute Gasteiger partial charge is 0.469 e. The summed E-state index contributed by atoms with van der Waals surface area (Å²) in [5, 5.41) is 2.36. The topological polar surface area (TPSA) is 207 Å². The van der Waals surface area contributed by atoms with Crippen molar-refractivity contribution in [1.29, 1.82) is 0 Å². The maximum absolute atomic E-state index is 14.1. The molecular weight excluding hydrogens is 705 g/mol. The smallest absolute Gasteiger partial charge is 0.371 e. The van der Waals surface area contributed by atoms with Crippen LogP contribution in [0.4, 0.5) is 0 Å². The fourth-order valence-electron chi connectivity index (χ4n) is 4.82. The normalized spacial score (nSPS) is 22.7. The Bertz CT molecular complexity index is 1360. The molecule has 0 aromatic heterocycles. The minimum Gasteiger partial charge on any atom is -0.469 e. The number of carbonyl (C=O) groups excluding carboxylic acids is 6. The lowest BCUT2D eigenvalue weighted by Gasteiger charge is -2.51. The third-order valence-electron chi connectivity index (χ3n) is 6.52.